The Kier molecular flexibility index (Phi) is 6.37. The molecule has 1 aliphatic carbocycles. The fraction of sp³-hybridized carbons (Fsp3) is 0.900. The average Bonchev–Trinajstić information content (AvgIpc) is 3.16. The van der Waals surface area contributed by atoms with Crippen molar-refractivity contribution < 1.29 is 9.59 Å². The van der Waals surface area contributed by atoms with Crippen molar-refractivity contribution in [2.24, 2.45) is 5.92 Å². The molecule has 3 rings (SSSR count). The lowest BCUT2D eigenvalue weighted by atomic mass is 9.92. The third kappa shape index (κ3) is 4.18. The Morgan fingerprint density at radius 1 is 0.920 bits per heavy atom. The van der Waals surface area contributed by atoms with Gasteiger partial charge in [0.1, 0.15) is 0 Å². The fourth-order valence-corrected chi connectivity index (χ4v) is 5.00. The minimum atomic E-state index is 0.0435. The molecule has 2 amide bonds. The highest BCUT2D eigenvalue weighted by Crippen LogP contribution is 2.33. The third-order valence-corrected chi connectivity index (χ3v) is 6.55. The fourth-order valence-electron chi connectivity index (χ4n) is 5.00. The van der Waals surface area contributed by atoms with Crippen LogP contribution in [0.3, 0.4) is 0 Å². The van der Waals surface area contributed by atoms with Gasteiger partial charge in [-0.1, -0.05) is 19.8 Å². The van der Waals surface area contributed by atoms with Gasteiger partial charge in [-0.25, -0.2) is 0 Å². The van der Waals surface area contributed by atoms with E-state index in [2.05, 4.69) is 16.7 Å². The number of rotatable bonds is 4. The van der Waals surface area contributed by atoms with Crippen molar-refractivity contribution in [3.05, 3.63) is 0 Å². The molecule has 3 aliphatic rings. The van der Waals surface area contributed by atoms with Crippen LogP contribution in [-0.4, -0.2) is 71.3 Å². The lowest BCUT2D eigenvalue weighted by molar-refractivity contribution is -0.144. The van der Waals surface area contributed by atoms with Crippen molar-refractivity contribution in [1.82, 2.24) is 14.7 Å². The maximum absolute atomic E-state index is 13.5. The molecule has 0 bridgehead atoms. The number of piperidine rings is 1. The van der Waals surface area contributed by atoms with Crippen molar-refractivity contribution in [3.8, 4) is 0 Å². The number of hydrogen-bond donors (Lipinski definition) is 0. The van der Waals surface area contributed by atoms with Gasteiger partial charge in [0.2, 0.25) is 11.8 Å². The molecule has 0 aromatic carbocycles. The van der Waals surface area contributed by atoms with Crippen LogP contribution in [-0.2, 0) is 9.59 Å². The first kappa shape index (κ1) is 18.7. The van der Waals surface area contributed by atoms with Crippen molar-refractivity contribution >= 4 is 11.8 Å². The predicted molar refractivity (Wildman–Crippen MR) is 99.2 cm³/mol. The monoisotopic (exact) mass is 349 g/mol. The molecule has 5 nitrogen and oxygen atoms in total. The molecule has 2 heterocycles. The Bertz CT molecular complexity index is 468. The maximum atomic E-state index is 13.5. The van der Waals surface area contributed by atoms with Gasteiger partial charge in [-0.05, 0) is 44.9 Å². The second-order valence-corrected chi connectivity index (χ2v) is 8.14. The van der Waals surface area contributed by atoms with E-state index in [1.807, 2.05) is 11.8 Å². The Hall–Kier alpha value is -1.10. The summed E-state index contributed by atoms with van der Waals surface area (Å²) in [6, 6.07) is 0.426. The van der Waals surface area contributed by atoms with Crippen LogP contribution in [0.2, 0.25) is 0 Å². The van der Waals surface area contributed by atoms with Crippen LogP contribution in [0.15, 0.2) is 0 Å². The average molecular weight is 350 g/mol. The summed E-state index contributed by atoms with van der Waals surface area (Å²) in [5, 5.41) is 0. The van der Waals surface area contributed by atoms with Crippen LogP contribution in [0.4, 0.5) is 0 Å². The molecule has 3 fully saturated rings. The maximum Gasteiger partial charge on any atom is 0.240 e. The summed E-state index contributed by atoms with van der Waals surface area (Å²) >= 11 is 0. The van der Waals surface area contributed by atoms with E-state index < -0.39 is 0 Å². The normalized spacial score (nSPS) is 27.5. The first-order chi connectivity index (χ1) is 12.1. The zero-order valence-corrected chi connectivity index (χ0v) is 16.1. The third-order valence-electron chi connectivity index (χ3n) is 6.55. The second-order valence-electron chi connectivity index (χ2n) is 8.14. The van der Waals surface area contributed by atoms with Gasteiger partial charge in [-0.3, -0.25) is 14.5 Å². The summed E-state index contributed by atoms with van der Waals surface area (Å²) in [6.07, 6.45) is 9.01. The van der Waals surface area contributed by atoms with Gasteiger partial charge in [0.25, 0.3) is 0 Å². The molecule has 0 aromatic heterocycles. The van der Waals surface area contributed by atoms with Gasteiger partial charge in [-0.15, -0.1) is 0 Å². The molecular formula is C20H35N3O2. The van der Waals surface area contributed by atoms with Gasteiger partial charge in [0.05, 0.1) is 6.04 Å². The summed E-state index contributed by atoms with van der Waals surface area (Å²) in [6.45, 7) is 8.31. The standard InChI is InChI=1S/C20H35N3O2/c1-3-18(24)21-12-14-22(15-13-21)19(17-9-4-5-10-17)20(25)23-11-7-6-8-16(23)2/h16-17,19H,3-15H2,1-2H3/t16-,19-/m0/s1. The van der Waals surface area contributed by atoms with E-state index in [9.17, 15) is 9.59 Å². The molecule has 2 atom stereocenters. The Morgan fingerprint density at radius 2 is 1.56 bits per heavy atom. The number of likely N-dealkylation sites (tertiary alicyclic amines) is 1. The highest BCUT2D eigenvalue weighted by molar-refractivity contribution is 5.83. The number of nitrogens with zero attached hydrogens (tertiary/aromatic N) is 3. The molecule has 0 N–H and O–H groups in total. The van der Waals surface area contributed by atoms with E-state index in [1.54, 1.807) is 0 Å². The summed E-state index contributed by atoms with van der Waals surface area (Å²) in [4.78, 5) is 32.0. The summed E-state index contributed by atoms with van der Waals surface area (Å²) in [7, 11) is 0. The van der Waals surface area contributed by atoms with Crippen LogP contribution in [0.25, 0.3) is 0 Å². The molecule has 142 valence electrons. The van der Waals surface area contributed by atoms with E-state index in [0.717, 1.165) is 45.6 Å². The van der Waals surface area contributed by atoms with Crippen molar-refractivity contribution in [1.29, 1.82) is 0 Å². The molecule has 0 aromatic rings. The van der Waals surface area contributed by atoms with Gasteiger partial charge in [0, 0.05) is 45.2 Å². The molecule has 25 heavy (non-hydrogen) atoms. The molecule has 1 saturated carbocycles. The lowest BCUT2D eigenvalue weighted by Crippen LogP contribution is -2.60. The van der Waals surface area contributed by atoms with E-state index in [1.165, 1.54) is 32.1 Å². The molecule has 0 radical (unpaired) electrons. The van der Waals surface area contributed by atoms with Crippen LogP contribution >= 0.6 is 0 Å². The van der Waals surface area contributed by atoms with Gasteiger partial charge >= 0.3 is 0 Å². The van der Waals surface area contributed by atoms with Crippen LogP contribution < -0.4 is 0 Å². The number of piperazine rings is 1. The Labute approximate surface area is 152 Å². The molecule has 2 aliphatic heterocycles. The molecular weight excluding hydrogens is 314 g/mol. The number of hydrogen-bond acceptors (Lipinski definition) is 3. The van der Waals surface area contributed by atoms with E-state index in [4.69, 9.17) is 0 Å². The summed E-state index contributed by atoms with van der Waals surface area (Å²) < 4.78 is 0. The van der Waals surface area contributed by atoms with Crippen LogP contribution in [0.1, 0.15) is 65.2 Å². The molecule has 0 unspecified atom stereocenters. The zero-order valence-electron chi connectivity index (χ0n) is 16.1. The topological polar surface area (TPSA) is 43.9 Å². The quantitative estimate of drug-likeness (QED) is 0.783. The van der Waals surface area contributed by atoms with Crippen molar-refractivity contribution in [2.75, 3.05) is 32.7 Å². The largest absolute Gasteiger partial charge is 0.340 e. The lowest BCUT2D eigenvalue weighted by Gasteiger charge is -2.44. The van der Waals surface area contributed by atoms with E-state index in [-0.39, 0.29) is 11.9 Å². The SMILES string of the molecule is CCC(=O)N1CCN([C@H](C(=O)N2CCCC[C@@H]2C)C2CCCC2)CC1. The molecule has 0 spiro atoms. The van der Waals surface area contributed by atoms with Crippen LogP contribution in [0, 0.1) is 5.92 Å². The van der Waals surface area contributed by atoms with Crippen molar-refractivity contribution in [3.63, 3.8) is 0 Å². The highest BCUT2D eigenvalue weighted by atomic mass is 16.2. The first-order valence-corrected chi connectivity index (χ1v) is 10.4. The van der Waals surface area contributed by atoms with E-state index in [0.29, 0.717) is 24.3 Å². The molecule has 2 saturated heterocycles. The number of carbonyl (C=O) groups is 2. The minimum absolute atomic E-state index is 0.0435. The molecule has 5 heteroatoms. The minimum Gasteiger partial charge on any atom is -0.340 e. The zero-order chi connectivity index (χ0) is 17.8. The summed E-state index contributed by atoms with van der Waals surface area (Å²) in [5.41, 5.74) is 0. The summed E-state index contributed by atoms with van der Waals surface area (Å²) in [5.74, 6) is 1.12. The highest BCUT2D eigenvalue weighted by Gasteiger charge is 2.40. The Morgan fingerprint density at radius 3 is 2.16 bits per heavy atom. The Balaban J connectivity index is 1.69. The van der Waals surface area contributed by atoms with Crippen molar-refractivity contribution in [2.45, 2.75) is 77.3 Å². The van der Waals surface area contributed by atoms with E-state index >= 15 is 0 Å². The second kappa shape index (κ2) is 8.52. The number of amides is 2. The smallest absolute Gasteiger partial charge is 0.240 e. The van der Waals surface area contributed by atoms with Crippen LogP contribution in [0.5, 0.6) is 0 Å². The van der Waals surface area contributed by atoms with Gasteiger partial charge in [-0.2, -0.15) is 0 Å². The first-order valence-electron chi connectivity index (χ1n) is 10.4. The predicted octanol–water partition coefficient (Wildman–Crippen LogP) is 2.50. The number of carbonyl (C=O) groups excluding carboxylic acids is 2. The van der Waals surface area contributed by atoms with Gasteiger partial charge < -0.3 is 9.80 Å². The van der Waals surface area contributed by atoms with Gasteiger partial charge in [0.15, 0.2) is 0 Å².